The molecule has 5 rings (SSSR count). The molecule has 1 aliphatic heterocycles. The number of imidazole rings is 1. The van der Waals surface area contributed by atoms with E-state index < -0.39 is 0 Å². The van der Waals surface area contributed by atoms with Crippen LogP contribution in [0, 0.1) is 5.92 Å². The number of nitrogens with one attached hydrogen (secondary N) is 1. The van der Waals surface area contributed by atoms with Gasteiger partial charge in [0.2, 0.25) is 17.6 Å². The zero-order valence-corrected chi connectivity index (χ0v) is 15.2. The Bertz CT molecular complexity index is 948. The fourth-order valence-electron chi connectivity index (χ4n) is 4.37. The summed E-state index contributed by atoms with van der Waals surface area (Å²) in [7, 11) is 0. The van der Waals surface area contributed by atoms with Crippen molar-refractivity contribution in [1.29, 1.82) is 0 Å². The molecule has 2 aromatic heterocycles. The molecule has 7 heteroatoms. The van der Waals surface area contributed by atoms with Gasteiger partial charge < -0.3 is 14.4 Å². The lowest BCUT2D eigenvalue weighted by Crippen LogP contribution is -2.40. The van der Waals surface area contributed by atoms with Gasteiger partial charge in [-0.15, -0.1) is 0 Å². The summed E-state index contributed by atoms with van der Waals surface area (Å²) in [5, 5.41) is 4.17. The van der Waals surface area contributed by atoms with Crippen LogP contribution in [0.25, 0.3) is 22.4 Å². The highest BCUT2D eigenvalue weighted by molar-refractivity contribution is 5.80. The molecule has 0 unspecified atom stereocenters. The molecule has 2 aliphatic rings. The van der Waals surface area contributed by atoms with Crippen LogP contribution in [-0.4, -0.2) is 44.0 Å². The minimum Gasteiger partial charge on any atom is -0.345 e. The van der Waals surface area contributed by atoms with Gasteiger partial charge in [0.05, 0.1) is 17.4 Å². The van der Waals surface area contributed by atoms with Crippen LogP contribution >= 0.6 is 0 Å². The first-order chi connectivity index (χ1) is 13.3. The van der Waals surface area contributed by atoms with E-state index in [2.05, 4.69) is 20.1 Å². The number of carbonyl (C=O) groups is 1. The second kappa shape index (κ2) is 6.79. The second-order valence-corrected chi connectivity index (χ2v) is 7.67. The SMILES string of the molecule is O=C(C1CCCC1)N1CCC(c2nc(-c3ccc4nc[nH]c4c3)no2)CC1. The molecule has 3 heterocycles. The molecule has 1 aromatic carbocycles. The molecule has 0 atom stereocenters. The lowest BCUT2D eigenvalue weighted by molar-refractivity contribution is -0.136. The average Bonchev–Trinajstić information content (AvgIpc) is 3.48. The summed E-state index contributed by atoms with van der Waals surface area (Å²) in [6.07, 6.45) is 7.97. The molecule has 1 amide bonds. The highest BCUT2D eigenvalue weighted by Crippen LogP contribution is 2.32. The monoisotopic (exact) mass is 365 g/mol. The van der Waals surface area contributed by atoms with Gasteiger partial charge in [0.15, 0.2) is 0 Å². The number of hydrogen-bond acceptors (Lipinski definition) is 5. The molecule has 1 N–H and O–H groups in total. The number of amides is 1. The van der Waals surface area contributed by atoms with Gasteiger partial charge >= 0.3 is 0 Å². The normalized spacial score (nSPS) is 19.2. The van der Waals surface area contributed by atoms with Gasteiger partial charge in [-0.1, -0.05) is 18.0 Å². The van der Waals surface area contributed by atoms with Crippen LogP contribution < -0.4 is 0 Å². The van der Waals surface area contributed by atoms with E-state index in [4.69, 9.17) is 4.52 Å². The van der Waals surface area contributed by atoms with Crippen LogP contribution in [0.4, 0.5) is 0 Å². The zero-order chi connectivity index (χ0) is 18.2. The number of hydrogen-bond donors (Lipinski definition) is 1. The summed E-state index contributed by atoms with van der Waals surface area (Å²) < 4.78 is 5.56. The van der Waals surface area contributed by atoms with E-state index >= 15 is 0 Å². The van der Waals surface area contributed by atoms with Crippen molar-refractivity contribution in [3.05, 3.63) is 30.4 Å². The average molecular weight is 365 g/mol. The Balaban J connectivity index is 1.26. The van der Waals surface area contributed by atoms with Gasteiger partial charge in [0, 0.05) is 30.5 Å². The Hall–Kier alpha value is -2.70. The molecule has 7 nitrogen and oxygen atoms in total. The van der Waals surface area contributed by atoms with Crippen LogP contribution in [0.1, 0.15) is 50.3 Å². The van der Waals surface area contributed by atoms with Crippen molar-refractivity contribution in [3.8, 4) is 11.4 Å². The molecular formula is C20H23N5O2. The Morgan fingerprint density at radius 1 is 1.15 bits per heavy atom. The summed E-state index contributed by atoms with van der Waals surface area (Å²) >= 11 is 0. The Kier molecular flexibility index (Phi) is 4.14. The molecule has 0 radical (unpaired) electrons. The predicted molar refractivity (Wildman–Crippen MR) is 99.9 cm³/mol. The van der Waals surface area contributed by atoms with E-state index in [1.54, 1.807) is 6.33 Å². The highest BCUT2D eigenvalue weighted by Gasteiger charge is 2.32. The van der Waals surface area contributed by atoms with Gasteiger partial charge in [-0.3, -0.25) is 4.79 Å². The number of aromatic amines is 1. The number of aromatic nitrogens is 4. The Labute approximate surface area is 157 Å². The largest absolute Gasteiger partial charge is 0.345 e. The minimum absolute atomic E-state index is 0.231. The van der Waals surface area contributed by atoms with Crippen molar-refractivity contribution in [2.45, 2.75) is 44.4 Å². The van der Waals surface area contributed by atoms with Gasteiger partial charge in [-0.2, -0.15) is 4.98 Å². The van der Waals surface area contributed by atoms with Crippen LogP contribution in [0.5, 0.6) is 0 Å². The Morgan fingerprint density at radius 2 is 1.96 bits per heavy atom. The fourth-order valence-corrected chi connectivity index (χ4v) is 4.37. The quantitative estimate of drug-likeness (QED) is 0.767. The molecule has 0 bridgehead atoms. The molecule has 0 spiro atoms. The number of benzene rings is 1. The number of likely N-dealkylation sites (tertiary alicyclic amines) is 1. The molecule has 1 saturated carbocycles. The smallest absolute Gasteiger partial charge is 0.230 e. The summed E-state index contributed by atoms with van der Waals surface area (Å²) in [6, 6.07) is 5.89. The van der Waals surface area contributed by atoms with E-state index in [1.165, 1.54) is 12.8 Å². The lowest BCUT2D eigenvalue weighted by Gasteiger charge is -2.32. The van der Waals surface area contributed by atoms with Crippen molar-refractivity contribution < 1.29 is 9.32 Å². The topological polar surface area (TPSA) is 87.9 Å². The minimum atomic E-state index is 0.231. The molecule has 140 valence electrons. The number of piperidine rings is 1. The Morgan fingerprint density at radius 3 is 2.78 bits per heavy atom. The van der Waals surface area contributed by atoms with Crippen molar-refractivity contribution in [2.75, 3.05) is 13.1 Å². The van der Waals surface area contributed by atoms with Crippen molar-refractivity contribution in [2.24, 2.45) is 5.92 Å². The molecule has 1 aliphatic carbocycles. The van der Waals surface area contributed by atoms with Crippen LogP contribution in [0.2, 0.25) is 0 Å². The van der Waals surface area contributed by atoms with Gasteiger partial charge in [0.25, 0.3) is 0 Å². The third-order valence-corrected chi connectivity index (χ3v) is 5.98. The first-order valence-corrected chi connectivity index (χ1v) is 9.84. The van der Waals surface area contributed by atoms with Crippen molar-refractivity contribution in [1.82, 2.24) is 25.0 Å². The standard InChI is InChI=1S/C20H23N5O2/c26-20(14-3-1-2-4-14)25-9-7-13(8-10-25)19-23-18(24-27-19)15-5-6-16-17(11-15)22-12-21-16/h5-6,11-14H,1-4,7-10H2,(H,21,22). The van der Waals surface area contributed by atoms with Crippen LogP contribution in [0.15, 0.2) is 29.0 Å². The first-order valence-electron chi connectivity index (χ1n) is 9.84. The third-order valence-electron chi connectivity index (χ3n) is 5.98. The third kappa shape index (κ3) is 3.11. The maximum absolute atomic E-state index is 12.6. The second-order valence-electron chi connectivity index (χ2n) is 7.67. The van der Waals surface area contributed by atoms with Gasteiger partial charge in [-0.25, -0.2) is 4.98 Å². The van der Waals surface area contributed by atoms with E-state index in [0.29, 0.717) is 17.6 Å². The van der Waals surface area contributed by atoms with E-state index in [0.717, 1.165) is 55.4 Å². The van der Waals surface area contributed by atoms with Gasteiger partial charge in [-0.05, 0) is 43.9 Å². The lowest BCUT2D eigenvalue weighted by atomic mass is 9.95. The summed E-state index contributed by atoms with van der Waals surface area (Å²) in [5.41, 5.74) is 2.79. The summed E-state index contributed by atoms with van der Waals surface area (Å²) in [6.45, 7) is 1.58. The summed E-state index contributed by atoms with van der Waals surface area (Å²) in [4.78, 5) is 26.6. The number of carbonyl (C=O) groups excluding carboxylic acids is 1. The number of rotatable bonds is 3. The number of nitrogens with zero attached hydrogens (tertiary/aromatic N) is 4. The van der Waals surface area contributed by atoms with Crippen molar-refractivity contribution >= 4 is 16.9 Å². The van der Waals surface area contributed by atoms with Crippen LogP contribution in [0.3, 0.4) is 0 Å². The molecular weight excluding hydrogens is 342 g/mol. The van der Waals surface area contributed by atoms with E-state index in [-0.39, 0.29) is 11.8 Å². The maximum Gasteiger partial charge on any atom is 0.230 e. The van der Waals surface area contributed by atoms with Crippen LogP contribution in [-0.2, 0) is 4.79 Å². The van der Waals surface area contributed by atoms with E-state index in [9.17, 15) is 4.79 Å². The maximum atomic E-state index is 12.6. The fraction of sp³-hybridized carbons (Fsp3) is 0.500. The number of H-pyrrole nitrogens is 1. The van der Waals surface area contributed by atoms with E-state index in [1.807, 2.05) is 23.1 Å². The molecule has 1 saturated heterocycles. The van der Waals surface area contributed by atoms with Gasteiger partial charge in [0.1, 0.15) is 0 Å². The highest BCUT2D eigenvalue weighted by atomic mass is 16.5. The van der Waals surface area contributed by atoms with Crippen molar-refractivity contribution in [3.63, 3.8) is 0 Å². The summed E-state index contributed by atoms with van der Waals surface area (Å²) in [5.74, 6) is 2.13. The molecule has 3 aromatic rings. The zero-order valence-electron chi connectivity index (χ0n) is 15.2. The molecule has 2 fully saturated rings. The molecule has 27 heavy (non-hydrogen) atoms. The number of fused-ring (bicyclic) bond motifs is 1. The first kappa shape index (κ1) is 16.5. The predicted octanol–water partition coefficient (Wildman–Crippen LogP) is 3.51.